The van der Waals surface area contributed by atoms with E-state index in [2.05, 4.69) is 10.3 Å². The second-order valence-corrected chi connectivity index (χ2v) is 5.27. The fourth-order valence-electron chi connectivity index (χ4n) is 1.77. The quantitative estimate of drug-likeness (QED) is 0.832. The molecule has 0 aliphatic carbocycles. The van der Waals surface area contributed by atoms with E-state index >= 15 is 0 Å². The van der Waals surface area contributed by atoms with E-state index in [0.717, 1.165) is 12.1 Å². The van der Waals surface area contributed by atoms with Gasteiger partial charge in [-0.05, 0) is 30.7 Å². The first kappa shape index (κ1) is 16.6. The van der Waals surface area contributed by atoms with E-state index in [1.807, 2.05) is 0 Å². The number of amides is 1. The van der Waals surface area contributed by atoms with E-state index in [9.17, 15) is 18.0 Å². The number of rotatable bonds is 2. The molecule has 0 radical (unpaired) electrons. The van der Waals surface area contributed by atoms with Gasteiger partial charge in [0.05, 0.1) is 21.2 Å². The molecule has 2 rings (SSSR count). The molecule has 0 aliphatic rings. The number of hydrogen-bond donors (Lipinski definition) is 1. The van der Waals surface area contributed by atoms with Crippen LogP contribution in [0.25, 0.3) is 0 Å². The van der Waals surface area contributed by atoms with Gasteiger partial charge in [-0.3, -0.25) is 9.78 Å². The third kappa shape index (κ3) is 3.51. The first-order valence-corrected chi connectivity index (χ1v) is 6.74. The minimum atomic E-state index is -4.61. The van der Waals surface area contributed by atoms with Crippen molar-refractivity contribution < 1.29 is 18.0 Å². The molecule has 0 fully saturated rings. The molecule has 0 spiro atoms. The lowest BCUT2D eigenvalue weighted by Gasteiger charge is -2.14. The highest BCUT2D eigenvalue weighted by Gasteiger charge is 2.34. The van der Waals surface area contributed by atoms with Gasteiger partial charge < -0.3 is 5.32 Å². The molecule has 0 atom stereocenters. The average molecular weight is 349 g/mol. The van der Waals surface area contributed by atoms with Crippen molar-refractivity contribution in [2.24, 2.45) is 0 Å². The second kappa shape index (κ2) is 6.14. The van der Waals surface area contributed by atoms with Gasteiger partial charge in [0.2, 0.25) is 0 Å². The predicted molar refractivity (Wildman–Crippen MR) is 78.4 cm³/mol. The van der Waals surface area contributed by atoms with Crippen LogP contribution in [0.4, 0.5) is 18.9 Å². The van der Waals surface area contributed by atoms with Gasteiger partial charge in [-0.2, -0.15) is 13.2 Å². The number of nitrogens with zero attached hydrogens (tertiary/aromatic N) is 1. The second-order valence-electron chi connectivity index (χ2n) is 4.45. The first-order chi connectivity index (χ1) is 10.2. The van der Waals surface area contributed by atoms with Crippen molar-refractivity contribution in [1.29, 1.82) is 0 Å². The van der Waals surface area contributed by atoms with Crippen LogP contribution in [0, 0.1) is 6.92 Å². The number of nitrogens with one attached hydrogen (secondary N) is 1. The average Bonchev–Trinajstić information content (AvgIpc) is 2.40. The molecule has 0 saturated carbocycles. The van der Waals surface area contributed by atoms with Gasteiger partial charge >= 0.3 is 6.18 Å². The molecule has 2 aromatic rings. The van der Waals surface area contributed by atoms with E-state index in [4.69, 9.17) is 23.2 Å². The Bertz CT molecular complexity index is 733. The highest BCUT2D eigenvalue weighted by Crippen LogP contribution is 2.37. The van der Waals surface area contributed by atoms with Crippen molar-refractivity contribution in [2.75, 3.05) is 5.32 Å². The smallest absolute Gasteiger partial charge is 0.322 e. The van der Waals surface area contributed by atoms with Crippen LogP contribution in [-0.4, -0.2) is 10.9 Å². The van der Waals surface area contributed by atoms with Crippen molar-refractivity contribution >= 4 is 34.8 Å². The number of hydrogen-bond acceptors (Lipinski definition) is 2. The lowest BCUT2D eigenvalue weighted by atomic mass is 10.1. The molecule has 1 aromatic heterocycles. The Labute approximate surface area is 134 Å². The van der Waals surface area contributed by atoms with E-state index < -0.39 is 22.7 Å². The minimum Gasteiger partial charge on any atom is -0.322 e. The number of pyridine rings is 1. The molecule has 116 valence electrons. The number of halogens is 5. The highest BCUT2D eigenvalue weighted by molar-refractivity contribution is 6.34. The molecular weight excluding hydrogens is 340 g/mol. The summed E-state index contributed by atoms with van der Waals surface area (Å²) in [7, 11) is 0. The Morgan fingerprint density at radius 3 is 2.50 bits per heavy atom. The topological polar surface area (TPSA) is 42.0 Å². The Kier molecular flexibility index (Phi) is 4.63. The maximum absolute atomic E-state index is 12.9. The van der Waals surface area contributed by atoms with Gasteiger partial charge in [0, 0.05) is 18.1 Å². The predicted octanol–water partition coefficient (Wildman–Crippen LogP) is 4.97. The third-order valence-electron chi connectivity index (χ3n) is 2.88. The number of anilines is 1. The van der Waals surface area contributed by atoms with Gasteiger partial charge in [-0.25, -0.2) is 0 Å². The normalized spacial score (nSPS) is 11.4. The molecule has 1 heterocycles. The Hall–Kier alpha value is -1.79. The Morgan fingerprint density at radius 2 is 1.91 bits per heavy atom. The zero-order chi connectivity index (χ0) is 16.5. The van der Waals surface area contributed by atoms with Gasteiger partial charge in [-0.15, -0.1) is 0 Å². The van der Waals surface area contributed by atoms with Crippen LogP contribution >= 0.6 is 23.2 Å². The van der Waals surface area contributed by atoms with Crippen LogP contribution in [0.5, 0.6) is 0 Å². The molecule has 3 nitrogen and oxygen atoms in total. The highest BCUT2D eigenvalue weighted by atomic mass is 35.5. The van der Waals surface area contributed by atoms with Crippen molar-refractivity contribution in [3.63, 3.8) is 0 Å². The third-order valence-corrected chi connectivity index (χ3v) is 3.50. The van der Waals surface area contributed by atoms with Crippen molar-refractivity contribution in [3.8, 4) is 0 Å². The van der Waals surface area contributed by atoms with Crippen LogP contribution in [0.3, 0.4) is 0 Å². The number of benzene rings is 1. The van der Waals surface area contributed by atoms with Gasteiger partial charge in [0.25, 0.3) is 5.91 Å². The number of carbonyl (C=O) groups is 1. The van der Waals surface area contributed by atoms with Crippen molar-refractivity contribution in [3.05, 3.63) is 57.3 Å². The summed E-state index contributed by atoms with van der Waals surface area (Å²) in [6.45, 7) is 1.54. The summed E-state index contributed by atoms with van der Waals surface area (Å²) in [5, 5.41) is 2.07. The van der Waals surface area contributed by atoms with E-state index in [-0.39, 0.29) is 16.3 Å². The Balaban J connectivity index is 2.38. The largest absolute Gasteiger partial charge is 0.417 e. The monoisotopic (exact) mass is 348 g/mol. The van der Waals surface area contributed by atoms with Gasteiger partial charge in [-0.1, -0.05) is 23.2 Å². The van der Waals surface area contributed by atoms with E-state index in [0.29, 0.717) is 5.56 Å². The summed E-state index contributed by atoms with van der Waals surface area (Å²) in [5.74, 6) is -0.633. The Morgan fingerprint density at radius 1 is 1.23 bits per heavy atom. The molecule has 0 bridgehead atoms. The molecule has 0 saturated heterocycles. The summed E-state index contributed by atoms with van der Waals surface area (Å²) in [4.78, 5) is 15.8. The molecule has 1 amide bonds. The molecule has 1 aromatic carbocycles. The van der Waals surface area contributed by atoms with Crippen LogP contribution in [-0.2, 0) is 6.18 Å². The molecule has 8 heteroatoms. The molecule has 0 aliphatic heterocycles. The molecule has 1 N–H and O–H groups in total. The number of alkyl halides is 3. The van der Waals surface area contributed by atoms with Gasteiger partial charge in [0.1, 0.15) is 0 Å². The summed E-state index contributed by atoms with van der Waals surface area (Å²) < 4.78 is 38.6. The van der Waals surface area contributed by atoms with Crippen LogP contribution in [0.2, 0.25) is 10.0 Å². The fourth-order valence-corrected chi connectivity index (χ4v) is 2.30. The zero-order valence-electron chi connectivity index (χ0n) is 11.1. The van der Waals surface area contributed by atoms with E-state index in [1.54, 1.807) is 0 Å². The first-order valence-electron chi connectivity index (χ1n) is 5.98. The lowest BCUT2D eigenvalue weighted by molar-refractivity contribution is -0.137. The van der Waals surface area contributed by atoms with Gasteiger partial charge in [0.15, 0.2) is 0 Å². The number of aromatic nitrogens is 1. The summed E-state index contributed by atoms with van der Waals surface area (Å²) in [6, 6.07) is 3.31. The summed E-state index contributed by atoms with van der Waals surface area (Å²) in [5.41, 5.74) is -0.499. The van der Waals surface area contributed by atoms with Crippen molar-refractivity contribution in [1.82, 2.24) is 4.98 Å². The standard InChI is InChI=1S/C14H9Cl2F3N2O/c1-7-4-10(15)9(14(17,18)19)5-12(7)21-13(22)8-2-3-20-6-11(8)16/h2-6H,1H3,(H,21,22). The summed E-state index contributed by atoms with van der Waals surface area (Å²) in [6.07, 6.45) is -1.98. The van der Waals surface area contributed by atoms with Crippen molar-refractivity contribution in [2.45, 2.75) is 13.1 Å². The number of aryl methyl sites for hydroxylation is 1. The zero-order valence-corrected chi connectivity index (χ0v) is 12.6. The lowest BCUT2D eigenvalue weighted by Crippen LogP contribution is -2.15. The van der Waals surface area contributed by atoms with Crippen LogP contribution in [0.15, 0.2) is 30.6 Å². The maximum atomic E-state index is 12.9. The maximum Gasteiger partial charge on any atom is 0.417 e. The fraction of sp³-hybridized carbons (Fsp3) is 0.143. The SMILES string of the molecule is Cc1cc(Cl)c(C(F)(F)F)cc1NC(=O)c1ccncc1Cl. The van der Waals surface area contributed by atoms with Crippen LogP contribution in [0.1, 0.15) is 21.5 Å². The van der Waals surface area contributed by atoms with E-state index in [1.165, 1.54) is 25.4 Å². The van der Waals surface area contributed by atoms with Crippen LogP contribution < -0.4 is 5.32 Å². The molecule has 22 heavy (non-hydrogen) atoms. The minimum absolute atomic E-state index is 0.00889. The molecular formula is C14H9Cl2F3N2O. The number of carbonyl (C=O) groups excluding carboxylic acids is 1. The molecule has 0 unspecified atom stereocenters. The summed E-state index contributed by atoms with van der Waals surface area (Å²) >= 11 is 11.4.